The van der Waals surface area contributed by atoms with E-state index in [2.05, 4.69) is 9.72 Å². The number of halogens is 6. The fraction of sp³-hybridized carbons (Fsp3) is 0.238. The van der Waals surface area contributed by atoms with Crippen LogP contribution in [0.2, 0.25) is 0 Å². The van der Waals surface area contributed by atoms with Crippen molar-refractivity contribution in [3.8, 4) is 5.75 Å². The quantitative estimate of drug-likeness (QED) is 0.0880. The average Bonchev–Trinajstić information content (AvgIpc) is 2.83. The molecule has 0 aliphatic heterocycles. The SMILES string of the molecule is CCOP(=O)(OCC)C(F)c1cnc2ccc(C(=O)Oc3c(F)c(F)c(F)c(F)c3F)cc2c1. The smallest absolute Gasteiger partial charge is 0.369 e. The first-order valence-corrected chi connectivity index (χ1v) is 11.3. The molecule has 0 radical (unpaired) electrons. The summed E-state index contributed by atoms with van der Waals surface area (Å²) in [4.78, 5) is 16.3. The summed E-state index contributed by atoms with van der Waals surface area (Å²) in [5.41, 5.74) is -0.335. The van der Waals surface area contributed by atoms with Gasteiger partial charge in [0, 0.05) is 17.1 Å². The summed E-state index contributed by atoms with van der Waals surface area (Å²) < 4.78 is 110. The summed E-state index contributed by atoms with van der Waals surface area (Å²) in [6.45, 7) is 2.82. The summed E-state index contributed by atoms with van der Waals surface area (Å²) in [7, 11) is -4.20. The van der Waals surface area contributed by atoms with Gasteiger partial charge in [-0.3, -0.25) is 9.55 Å². The van der Waals surface area contributed by atoms with Gasteiger partial charge in [-0.05, 0) is 38.1 Å². The molecule has 0 fully saturated rings. The van der Waals surface area contributed by atoms with Crippen LogP contribution in [0.1, 0.15) is 35.7 Å². The van der Waals surface area contributed by atoms with E-state index in [0.29, 0.717) is 0 Å². The number of alkyl halides is 1. The van der Waals surface area contributed by atoms with E-state index in [1.807, 2.05) is 0 Å². The minimum Gasteiger partial charge on any atom is -0.416 e. The van der Waals surface area contributed by atoms with E-state index in [1.54, 1.807) is 0 Å². The molecule has 0 bridgehead atoms. The third-order valence-electron chi connectivity index (χ3n) is 4.47. The van der Waals surface area contributed by atoms with Crippen LogP contribution in [0.4, 0.5) is 26.3 Å². The van der Waals surface area contributed by atoms with Crippen molar-refractivity contribution in [1.82, 2.24) is 4.98 Å². The zero-order chi connectivity index (χ0) is 25.2. The van der Waals surface area contributed by atoms with Gasteiger partial charge in [0.2, 0.25) is 40.7 Å². The molecule has 6 nitrogen and oxygen atoms in total. The predicted molar refractivity (Wildman–Crippen MR) is 108 cm³/mol. The zero-order valence-electron chi connectivity index (χ0n) is 17.6. The molecule has 0 saturated carbocycles. The molecule has 1 unspecified atom stereocenters. The molecular weight excluding hydrogens is 491 g/mol. The van der Waals surface area contributed by atoms with E-state index in [-0.39, 0.29) is 35.2 Å². The maximum atomic E-state index is 15.0. The van der Waals surface area contributed by atoms with Crippen molar-refractivity contribution >= 4 is 24.5 Å². The number of esters is 1. The van der Waals surface area contributed by atoms with Crippen molar-refractivity contribution in [1.29, 1.82) is 0 Å². The predicted octanol–water partition coefficient (Wildman–Crippen LogP) is 6.38. The van der Waals surface area contributed by atoms with Gasteiger partial charge in [0.15, 0.2) is 0 Å². The number of fused-ring (bicyclic) bond motifs is 1. The second-order valence-electron chi connectivity index (χ2n) is 6.68. The third kappa shape index (κ3) is 4.79. The molecular formula is C21H16F6NO5P. The summed E-state index contributed by atoms with van der Waals surface area (Å²) >= 11 is 0. The van der Waals surface area contributed by atoms with Gasteiger partial charge in [-0.1, -0.05) is 0 Å². The number of hydrogen-bond donors (Lipinski definition) is 0. The number of carbonyl (C=O) groups excluding carboxylic acids is 1. The van der Waals surface area contributed by atoms with Gasteiger partial charge in [0.25, 0.3) is 0 Å². The van der Waals surface area contributed by atoms with E-state index < -0.39 is 54.3 Å². The lowest BCUT2D eigenvalue weighted by Gasteiger charge is -2.20. The highest BCUT2D eigenvalue weighted by molar-refractivity contribution is 7.54. The van der Waals surface area contributed by atoms with Crippen molar-refractivity contribution in [3.63, 3.8) is 0 Å². The van der Waals surface area contributed by atoms with E-state index in [4.69, 9.17) is 9.05 Å². The Morgan fingerprint density at radius 1 is 0.941 bits per heavy atom. The Bertz CT molecular complexity index is 1270. The van der Waals surface area contributed by atoms with Crippen LogP contribution in [0.25, 0.3) is 10.9 Å². The van der Waals surface area contributed by atoms with Crippen molar-refractivity contribution in [3.05, 3.63) is 70.7 Å². The first-order chi connectivity index (χ1) is 16.0. The molecule has 1 heterocycles. The molecule has 0 aliphatic carbocycles. The highest BCUT2D eigenvalue weighted by Crippen LogP contribution is 2.61. The van der Waals surface area contributed by atoms with Crippen LogP contribution in [0.3, 0.4) is 0 Å². The molecule has 0 amide bonds. The molecule has 34 heavy (non-hydrogen) atoms. The fourth-order valence-electron chi connectivity index (χ4n) is 2.94. The Morgan fingerprint density at radius 3 is 2.06 bits per heavy atom. The number of aromatic nitrogens is 1. The topological polar surface area (TPSA) is 74.7 Å². The lowest BCUT2D eigenvalue weighted by atomic mass is 10.1. The lowest BCUT2D eigenvalue weighted by molar-refractivity contribution is 0.0716. The summed E-state index contributed by atoms with van der Waals surface area (Å²) in [5, 5.41) is 0.117. The number of nitrogens with zero attached hydrogens (tertiary/aromatic N) is 1. The van der Waals surface area contributed by atoms with Crippen LogP contribution in [0.5, 0.6) is 5.75 Å². The average molecular weight is 507 g/mol. The molecule has 3 aromatic rings. The highest BCUT2D eigenvalue weighted by Gasteiger charge is 2.37. The third-order valence-corrected chi connectivity index (χ3v) is 6.56. The summed E-state index contributed by atoms with van der Waals surface area (Å²) in [6, 6.07) is 4.65. The van der Waals surface area contributed by atoms with Crippen molar-refractivity contribution in [2.45, 2.75) is 19.8 Å². The first kappa shape index (κ1) is 25.7. The molecule has 0 N–H and O–H groups in total. The maximum absolute atomic E-state index is 15.0. The van der Waals surface area contributed by atoms with Crippen molar-refractivity contribution < 1.29 is 49.5 Å². The lowest BCUT2D eigenvalue weighted by Crippen LogP contribution is -2.13. The van der Waals surface area contributed by atoms with Gasteiger partial charge >= 0.3 is 13.6 Å². The van der Waals surface area contributed by atoms with Crippen molar-refractivity contribution in [2.75, 3.05) is 13.2 Å². The van der Waals surface area contributed by atoms with Crippen LogP contribution in [0, 0.1) is 29.1 Å². The normalized spacial score (nSPS) is 12.7. The maximum Gasteiger partial charge on any atom is 0.369 e. The minimum atomic E-state index is -4.20. The molecule has 2 aromatic carbocycles. The number of carbonyl (C=O) groups is 1. The van der Waals surface area contributed by atoms with Gasteiger partial charge in [-0.15, -0.1) is 0 Å². The number of benzene rings is 2. The largest absolute Gasteiger partial charge is 0.416 e. The highest BCUT2D eigenvalue weighted by atomic mass is 31.2. The van der Waals surface area contributed by atoms with E-state index >= 15 is 0 Å². The van der Waals surface area contributed by atoms with E-state index in [9.17, 15) is 35.7 Å². The van der Waals surface area contributed by atoms with Gasteiger partial charge in [0.05, 0.1) is 24.3 Å². The molecule has 1 atom stereocenters. The Balaban J connectivity index is 1.97. The van der Waals surface area contributed by atoms with Crippen LogP contribution in [-0.2, 0) is 13.6 Å². The minimum absolute atomic E-state index is 0.0909. The van der Waals surface area contributed by atoms with E-state index in [1.165, 1.54) is 26.0 Å². The summed E-state index contributed by atoms with van der Waals surface area (Å²) in [5.74, 6) is -17.1. The molecule has 0 saturated heterocycles. The Hall–Kier alpha value is -2.95. The number of rotatable bonds is 8. The standard InChI is InChI=1S/C21H16F6NO5P/c1-3-31-34(30,32-4-2)20(27)12-8-11-7-10(5-6-13(11)28-9-12)21(29)33-19-17(25)15(23)14(22)16(24)18(19)26/h5-9,20H,3-4H2,1-2H3. The molecule has 0 aliphatic rings. The summed E-state index contributed by atoms with van der Waals surface area (Å²) in [6.07, 6.45) is 1.09. The van der Waals surface area contributed by atoms with E-state index in [0.717, 1.165) is 18.3 Å². The Labute approximate surface area is 189 Å². The molecule has 182 valence electrons. The Kier molecular flexibility index (Phi) is 7.64. The monoisotopic (exact) mass is 507 g/mol. The molecule has 0 spiro atoms. The van der Waals surface area contributed by atoms with Crippen LogP contribution in [0.15, 0.2) is 30.5 Å². The van der Waals surface area contributed by atoms with Gasteiger partial charge < -0.3 is 13.8 Å². The van der Waals surface area contributed by atoms with Crippen molar-refractivity contribution in [2.24, 2.45) is 0 Å². The second-order valence-corrected chi connectivity index (χ2v) is 8.73. The molecule has 3 rings (SSSR count). The Morgan fingerprint density at radius 2 is 1.50 bits per heavy atom. The van der Waals surface area contributed by atoms with Gasteiger partial charge in [-0.2, -0.15) is 8.78 Å². The van der Waals surface area contributed by atoms with Gasteiger partial charge in [-0.25, -0.2) is 22.4 Å². The van der Waals surface area contributed by atoms with Crippen LogP contribution in [-0.4, -0.2) is 24.2 Å². The fourth-order valence-corrected chi connectivity index (χ4v) is 4.50. The number of hydrogen-bond acceptors (Lipinski definition) is 6. The van der Waals surface area contributed by atoms with Crippen LogP contribution < -0.4 is 4.74 Å². The first-order valence-electron chi connectivity index (χ1n) is 9.70. The number of pyridine rings is 1. The molecule has 13 heteroatoms. The van der Waals surface area contributed by atoms with Gasteiger partial charge in [0.1, 0.15) is 0 Å². The molecule has 1 aromatic heterocycles. The zero-order valence-corrected chi connectivity index (χ0v) is 18.5. The van der Waals surface area contributed by atoms with Crippen LogP contribution >= 0.6 is 7.60 Å². The second kappa shape index (κ2) is 10.1. The number of ether oxygens (including phenoxy) is 1.